The summed E-state index contributed by atoms with van der Waals surface area (Å²) in [5.41, 5.74) is 9.03. The van der Waals surface area contributed by atoms with Gasteiger partial charge < -0.3 is 11.1 Å². The summed E-state index contributed by atoms with van der Waals surface area (Å²) in [4.78, 5) is 16.7. The van der Waals surface area contributed by atoms with Crippen LogP contribution in [0.15, 0.2) is 30.5 Å². The maximum atomic E-state index is 12.5. The number of pyridine rings is 1. The number of benzene rings is 1. The lowest BCUT2D eigenvalue weighted by molar-refractivity contribution is -0.120. The third-order valence-electron chi connectivity index (χ3n) is 4.29. The minimum Gasteiger partial charge on any atom is -0.398 e. The van der Waals surface area contributed by atoms with E-state index in [2.05, 4.69) is 10.3 Å². The lowest BCUT2D eigenvalue weighted by Gasteiger charge is -2.20. The molecule has 100 valence electrons. The number of fused-ring (bicyclic) bond motifs is 3. The van der Waals surface area contributed by atoms with Gasteiger partial charge in [-0.2, -0.15) is 0 Å². The van der Waals surface area contributed by atoms with Gasteiger partial charge >= 0.3 is 0 Å². The molecule has 5 heteroatoms. The molecular weight excluding hydrogens is 274 g/mol. The molecule has 20 heavy (non-hydrogen) atoms. The molecule has 1 spiro atoms. The molecule has 3 N–H and O–H groups in total. The number of anilines is 2. The number of nitrogens with two attached hydrogens (primary N) is 1. The molecule has 0 bridgehead atoms. The summed E-state index contributed by atoms with van der Waals surface area (Å²) in [6.45, 7) is 0. The predicted molar refractivity (Wildman–Crippen MR) is 77.8 cm³/mol. The molecule has 0 saturated carbocycles. The molecule has 1 aliphatic carbocycles. The van der Waals surface area contributed by atoms with Crippen molar-refractivity contribution in [2.45, 2.75) is 18.3 Å². The van der Waals surface area contributed by atoms with Crippen molar-refractivity contribution in [3.05, 3.63) is 52.2 Å². The van der Waals surface area contributed by atoms with Crippen molar-refractivity contribution in [3.63, 3.8) is 0 Å². The third kappa shape index (κ3) is 1.37. The Kier molecular flexibility index (Phi) is 2.19. The van der Waals surface area contributed by atoms with Gasteiger partial charge in [-0.25, -0.2) is 4.98 Å². The number of halogens is 1. The number of amides is 1. The van der Waals surface area contributed by atoms with Crippen LogP contribution in [-0.2, 0) is 23.1 Å². The van der Waals surface area contributed by atoms with Crippen LogP contribution in [0.3, 0.4) is 0 Å². The summed E-state index contributed by atoms with van der Waals surface area (Å²) in [5.74, 6) is 0.682. The summed E-state index contributed by atoms with van der Waals surface area (Å²) in [7, 11) is 0. The van der Waals surface area contributed by atoms with Crippen LogP contribution in [0.1, 0.15) is 16.7 Å². The highest BCUT2D eigenvalue weighted by molar-refractivity contribution is 6.33. The van der Waals surface area contributed by atoms with Gasteiger partial charge in [0.25, 0.3) is 0 Å². The molecule has 4 nitrogen and oxygen atoms in total. The summed E-state index contributed by atoms with van der Waals surface area (Å²) in [6, 6.07) is 7.60. The number of rotatable bonds is 0. The van der Waals surface area contributed by atoms with Crippen molar-refractivity contribution in [2.24, 2.45) is 0 Å². The van der Waals surface area contributed by atoms with Crippen LogP contribution in [0, 0.1) is 0 Å². The first-order chi connectivity index (χ1) is 9.60. The molecule has 2 heterocycles. The van der Waals surface area contributed by atoms with Gasteiger partial charge in [-0.3, -0.25) is 4.79 Å². The largest absolute Gasteiger partial charge is 0.398 e. The zero-order chi connectivity index (χ0) is 13.9. The number of carbonyl (C=O) groups is 1. The number of aromatic nitrogens is 1. The summed E-state index contributed by atoms with van der Waals surface area (Å²) in [6.07, 6.45) is 2.98. The van der Waals surface area contributed by atoms with Crippen LogP contribution in [0.4, 0.5) is 11.5 Å². The average molecular weight is 286 g/mol. The Morgan fingerprint density at radius 1 is 1.30 bits per heavy atom. The molecule has 4 rings (SSSR count). The second kappa shape index (κ2) is 3.73. The van der Waals surface area contributed by atoms with Crippen LogP contribution in [0.2, 0.25) is 5.02 Å². The van der Waals surface area contributed by atoms with Gasteiger partial charge in [-0.1, -0.05) is 17.7 Å². The number of hydrogen-bond donors (Lipinski definition) is 2. The highest BCUT2D eigenvalue weighted by atomic mass is 35.5. The first kappa shape index (κ1) is 11.7. The number of nitrogens with zero attached hydrogens (tertiary/aromatic N) is 1. The van der Waals surface area contributed by atoms with Crippen molar-refractivity contribution >= 4 is 29.0 Å². The van der Waals surface area contributed by atoms with Gasteiger partial charge in [0, 0.05) is 11.8 Å². The zero-order valence-corrected chi connectivity index (χ0v) is 11.4. The van der Waals surface area contributed by atoms with E-state index in [1.165, 1.54) is 0 Å². The van der Waals surface area contributed by atoms with Crippen LogP contribution in [0.5, 0.6) is 0 Å². The first-order valence-corrected chi connectivity index (χ1v) is 6.82. The minimum atomic E-state index is -0.553. The standard InChI is InChI=1S/C15H12ClN3O/c16-11-4-8-6-15(7-9(8)5-12(11)17)10-2-1-3-18-13(10)19-14(15)20/h1-5H,6-7,17H2,(H,18,19,20). The van der Waals surface area contributed by atoms with E-state index in [4.69, 9.17) is 17.3 Å². The second-order valence-electron chi connectivity index (χ2n) is 5.43. The van der Waals surface area contributed by atoms with Crippen LogP contribution >= 0.6 is 11.6 Å². The third-order valence-corrected chi connectivity index (χ3v) is 4.62. The Hall–Kier alpha value is -2.07. The Balaban J connectivity index is 1.88. The van der Waals surface area contributed by atoms with E-state index in [9.17, 15) is 4.79 Å². The molecule has 1 atom stereocenters. The Morgan fingerprint density at radius 2 is 2.05 bits per heavy atom. The maximum absolute atomic E-state index is 12.5. The van der Waals surface area contributed by atoms with E-state index < -0.39 is 5.41 Å². The molecule has 1 aromatic carbocycles. The lowest BCUT2D eigenvalue weighted by atomic mass is 9.79. The fourth-order valence-corrected chi connectivity index (χ4v) is 3.50. The van der Waals surface area contributed by atoms with Crippen molar-refractivity contribution in [3.8, 4) is 0 Å². The number of nitrogen functional groups attached to an aromatic ring is 1. The molecule has 1 aromatic heterocycles. The summed E-state index contributed by atoms with van der Waals surface area (Å²) < 4.78 is 0. The normalized spacial score (nSPS) is 22.8. The fourth-order valence-electron chi connectivity index (χ4n) is 3.31. The number of carbonyl (C=O) groups excluding carboxylic acids is 1. The van der Waals surface area contributed by atoms with Gasteiger partial charge in [0.2, 0.25) is 5.91 Å². The van der Waals surface area contributed by atoms with E-state index in [0.29, 0.717) is 29.4 Å². The molecule has 1 aliphatic heterocycles. The zero-order valence-electron chi connectivity index (χ0n) is 10.6. The monoisotopic (exact) mass is 285 g/mol. The maximum Gasteiger partial charge on any atom is 0.237 e. The average Bonchev–Trinajstić information content (AvgIpc) is 2.91. The highest BCUT2D eigenvalue weighted by Crippen LogP contribution is 2.47. The van der Waals surface area contributed by atoms with Crippen LogP contribution in [-0.4, -0.2) is 10.9 Å². The van der Waals surface area contributed by atoms with Gasteiger partial charge in [0.05, 0.1) is 16.1 Å². The smallest absolute Gasteiger partial charge is 0.237 e. The molecule has 1 unspecified atom stereocenters. The molecule has 0 radical (unpaired) electrons. The van der Waals surface area contributed by atoms with Crippen molar-refractivity contribution in [1.29, 1.82) is 0 Å². The van der Waals surface area contributed by atoms with Crippen molar-refractivity contribution in [1.82, 2.24) is 4.98 Å². The van der Waals surface area contributed by atoms with E-state index in [0.717, 1.165) is 16.7 Å². The molecule has 0 saturated heterocycles. The van der Waals surface area contributed by atoms with E-state index in [1.807, 2.05) is 24.3 Å². The number of hydrogen-bond acceptors (Lipinski definition) is 3. The minimum absolute atomic E-state index is 0.0112. The molecule has 0 fully saturated rings. The molecule has 1 amide bonds. The topological polar surface area (TPSA) is 68.0 Å². The van der Waals surface area contributed by atoms with Gasteiger partial charge in [0.15, 0.2) is 0 Å². The van der Waals surface area contributed by atoms with Crippen LogP contribution in [0.25, 0.3) is 0 Å². The van der Waals surface area contributed by atoms with Gasteiger partial charge in [-0.05, 0) is 42.2 Å². The Labute approximate surface area is 121 Å². The summed E-state index contributed by atoms with van der Waals surface area (Å²) >= 11 is 6.09. The van der Waals surface area contributed by atoms with E-state index in [-0.39, 0.29) is 5.91 Å². The Bertz CT molecular complexity index is 726. The van der Waals surface area contributed by atoms with Crippen molar-refractivity contribution in [2.75, 3.05) is 11.1 Å². The summed E-state index contributed by atoms with van der Waals surface area (Å²) in [5, 5.41) is 3.43. The van der Waals surface area contributed by atoms with Gasteiger partial charge in [-0.15, -0.1) is 0 Å². The molecular formula is C15H12ClN3O. The fraction of sp³-hybridized carbons (Fsp3) is 0.200. The van der Waals surface area contributed by atoms with E-state index in [1.54, 1.807) is 6.20 Å². The first-order valence-electron chi connectivity index (χ1n) is 6.44. The molecule has 2 aromatic rings. The van der Waals surface area contributed by atoms with Crippen molar-refractivity contribution < 1.29 is 4.79 Å². The lowest BCUT2D eigenvalue weighted by Crippen LogP contribution is -2.35. The van der Waals surface area contributed by atoms with Crippen LogP contribution < -0.4 is 11.1 Å². The van der Waals surface area contributed by atoms with Gasteiger partial charge in [0.1, 0.15) is 5.82 Å². The number of nitrogens with one attached hydrogen (secondary N) is 1. The second-order valence-corrected chi connectivity index (χ2v) is 5.84. The SMILES string of the molecule is Nc1cc2c(cc1Cl)CC1(C2)C(=O)Nc2ncccc21. The molecule has 2 aliphatic rings. The van der Waals surface area contributed by atoms with E-state index >= 15 is 0 Å². The highest BCUT2D eigenvalue weighted by Gasteiger charge is 2.51. The quantitative estimate of drug-likeness (QED) is 0.730. The Morgan fingerprint density at radius 3 is 2.85 bits per heavy atom. The predicted octanol–water partition coefficient (Wildman–Crippen LogP) is 2.31.